The Balaban J connectivity index is 0. The molecule has 0 amide bonds. The summed E-state index contributed by atoms with van der Waals surface area (Å²) < 4.78 is 4.70. The van der Waals surface area contributed by atoms with E-state index in [-0.39, 0.29) is 5.97 Å². The van der Waals surface area contributed by atoms with E-state index in [4.69, 9.17) is 4.74 Å². The first-order valence-corrected chi connectivity index (χ1v) is 5.56. The molecular formula is C11H24O4. The highest BCUT2D eigenvalue weighted by molar-refractivity contribution is 5.65. The van der Waals surface area contributed by atoms with Gasteiger partial charge in [-0.25, -0.2) is 9.78 Å². The number of ether oxygens (including phenoxy) is 1. The number of hydrogen-bond donors (Lipinski definition) is 0. The van der Waals surface area contributed by atoms with E-state index in [1.807, 2.05) is 13.8 Å². The van der Waals surface area contributed by atoms with Crippen LogP contribution in [0, 0.1) is 0 Å². The van der Waals surface area contributed by atoms with E-state index >= 15 is 0 Å². The highest BCUT2D eigenvalue weighted by Crippen LogP contribution is 1.93. The zero-order valence-electron chi connectivity index (χ0n) is 10.4. The van der Waals surface area contributed by atoms with Crippen LogP contribution in [-0.4, -0.2) is 25.8 Å². The van der Waals surface area contributed by atoms with Crippen molar-refractivity contribution < 1.29 is 19.3 Å². The van der Waals surface area contributed by atoms with Crippen molar-refractivity contribution in [1.82, 2.24) is 0 Å². The molecule has 4 heteroatoms. The second-order valence-corrected chi connectivity index (χ2v) is 2.86. The van der Waals surface area contributed by atoms with Gasteiger partial charge in [0.25, 0.3) is 0 Å². The van der Waals surface area contributed by atoms with E-state index in [1.54, 1.807) is 0 Å². The molecule has 0 saturated carbocycles. The van der Waals surface area contributed by atoms with Gasteiger partial charge in [-0.05, 0) is 20.3 Å². The summed E-state index contributed by atoms with van der Waals surface area (Å²) in [7, 11) is 0. The number of hydrogen-bond acceptors (Lipinski definition) is 4. The third-order valence-electron chi connectivity index (χ3n) is 1.37. The second-order valence-electron chi connectivity index (χ2n) is 2.86. The number of carbonyl (C=O) groups excluding carboxylic acids is 1. The van der Waals surface area contributed by atoms with Gasteiger partial charge >= 0.3 is 5.97 Å². The Kier molecular flexibility index (Phi) is 17.8. The predicted octanol–water partition coefficient (Wildman–Crippen LogP) is 2.71. The predicted molar refractivity (Wildman–Crippen MR) is 59.4 cm³/mol. The maximum atomic E-state index is 10.2. The molecule has 0 bridgehead atoms. The van der Waals surface area contributed by atoms with Gasteiger partial charge in [-0.15, -0.1) is 0 Å². The molecule has 92 valence electrons. The Morgan fingerprint density at radius 2 is 1.53 bits per heavy atom. The highest BCUT2D eigenvalue weighted by atomic mass is 17.2. The maximum absolute atomic E-state index is 10.2. The van der Waals surface area contributed by atoms with Crippen LogP contribution in [0.5, 0.6) is 0 Å². The normalized spacial score (nSPS) is 9.07. The number of carbonyl (C=O) groups is 1. The van der Waals surface area contributed by atoms with Gasteiger partial charge in [-0.2, -0.15) is 0 Å². The summed E-state index contributed by atoms with van der Waals surface area (Å²) >= 11 is 0. The minimum atomic E-state index is -0.175. The minimum Gasteiger partial charge on any atom is -0.466 e. The molecule has 0 spiro atoms. The fourth-order valence-corrected chi connectivity index (χ4v) is 0.735. The molecule has 15 heavy (non-hydrogen) atoms. The van der Waals surface area contributed by atoms with Crippen LogP contribution in [0.2, 0.25) is 0 Å². The summed E-state index contributed by atoms with van der Waals surface area (Å²) in [5.74, 6) is -0.175. The van der Waals surface area contributed by atoms with Gasteiger partial charge in [0.2, 0.25) is 0 Å². The maximum Gasteiger partial charge on any atom is 0.302 e. The van der Waals surface area contributed by atoms with Crippen molar-refractivity contribution >= 4 is 5.97 Å². The van der Waals surface area contributed by atoms with Crippen LogP contribution in [-0.2, 0) is 19.3 Å². The van der Waals surface area contributed by atoms with Gasteiger partial charge in [-0.3, -0.25) is 4.79 Å². The van der Waals surface area contributed by atoms with Crippen molar-refractivity contribution in [2.24, 2.45) is 0 Å². The first-order valence-electron chi connectivity index (χ1n) is 5.56. The lowest BCUT2D eigenvalue weighted by atomic mass is 10.3. The van der Waals surface area contributed by atoms with Crippen LogP contribution in [0.1, 0.15) is 47.0 Å². The average Bonchev–Trinajstić information content (AvgIpc) is 2.22. The molecule has 0 aromatic rings. The highest BCUT2D eigenvalue weighted by Gasteiger charge is 1.89. The fourth-order valence-electron chi connectivity index (χ4n) is 0.735. The Bertz CT molecular complexity index is 122. The molecule has 4 nitrogen and oxygen atoms in total. The third-order valence-corrected chi connectivity index (χ3v) is 1.37. The van der Waals surface area contributed by atoms with Crippen molar-refractivity contribution in [2.75, 3.05) is 19.8 Å². The van der Waals surface area contributed by atoms with Gasteiger partial charge in [-0.1, -0.05) is 19.8 Å². The second kappa shape index (κ2) is 15.8. The lowest BCUT2D eigenvalue weighted by Crippen LogP contribution is -1.99. The average molecular weight is 220 g/mol. The topological polar surface area (TPSA) is 44.8 Å². The Labute approximate surface area is 92.8 Å². The van der Waals surface area contributed by atoms with Crippen molar-refractivity contribution in [2.45, 2.75) is 47.0 Å². The quantitative estimate of drug-likeness (QED) is 0.286. The summed E-state index contributed by atoms with van der Waals surface area (Å²) in [4.78, 5) is 19.1. The number of esters is 1. The van der Waals surface area contributed by atoms with Crippen LogP contribution in [0.25, 0.3) is 0 Å². The minimum absolute atomic E-state index is 0.175. The molecule has 0 radical (unpaired) electrons. The molecule has 0 aliphatic heterocycles. The lowest BCUT2D eigenvalue weighted by Gasteiger charge is -1.98. The Morgan fingerprint density at radius 3 is 1.87 bits per heavy atom. The van der Waals surface area contributed by atoms with Crippen LogP contribution < -0.4 is 0 Å². The SMILES string of the molecule is CCCCCOC(C)=O.CCOOCC. The van der Waals surface area contributed by atoms with E-state index < -0.39 is 0 Å². The van der Waals surface area contributed by atoms with Gasteiger partial charge < -0.3 is 4.74 Å². The zero-order chi connectivity index (χ0) is 11.9. The summed E-state index contributed by atoms with van der Waals surface area (Å²) in [6, 6.07) is 0. The summed E-state index contributed by atoms with van der Waals surface area (Å²) in [6.07, 6.45) is 3.31. The van der Waals surface area contributed by atoms with E-state index in [9.17, 15) is 4.79 Å². The van der Waals surface area contributed by atoms with Crippen molar-refractivity contribution in [3.8, 4) is 0 Å². The van der Waals surface area contributed by atoms with E-state index in [0.29, 0.717) is 19.8 Å². The molecule has 0 aromatic carbocycles. The molecule has 0 aromatic heterocycles. The first kappa shape index (κ1) is 16.8. The van der Waals surface area contributed by atoms with Crippen molar-refractivity contribution in [3.05, 3.63) is 0 Å². The Hall–Kier alpha value is -0.610. The summed E-state index contributed by atoms with van der Waals surface area (Å²) in [5.41, 5.74) is 0. The molecule has 0 rings (SSSR count). The molecule has 0 fully saturated rings. The largest absolute Gasteiger partial charge is 0.466 e. The number of unbranched alkanes of at least 4 members (excludes halogenated alkanes) is 2. The first-order chi connectivity index (χ1) is 7.18. The molecule has 0 N–H and O–H groups in total. The molecule has 0 unspecified atom stereocenters. The van der Waals surface area contributed by atoms with Crippen LogP contribution in [0.4, 0.5) is 0 Å². The molecule has 0 atom stereocenters. The lowest BCUT2D eigenvalue weighted by molar-refractivity contribution is -0.287. The smallest absolute Gasteiger partial charge is 0.302 e. The third kappa shape index (κ3) is 24.7. The summed E-state index contributed by atoms with van der Waals surface area (Å²) in [5, 5.41) is 0. The van der Waals surface area contributed by atoms with Crippen LogP contribution in [0.3, 0.4) is 0 Å². The van der Waals surface area contributed by atoms with Gasteiger partial charge in [0.05, 0.1) is 19.8 Å². The molecule has 0 saturated heterocycles. The standard InChI is InChI=1S/C7H14O2.C4H10O2/c1-3-4-5-6-9-7(2)8;1-3-5-6-4-2/h3-6H2,1-2H3;3-4H2,1-2H3. The van der Waals surface area contributed by atoms with Crippen molar-refractivity contribution in [1.29, 1.82) is 0 Å². The van der Waals surface area contributed by atoms with E-state index in [1.165, 1.54) is 13.3 Å². The number of rotatable bonds is 7. The molecule has 0 heterocycles. The molecular weight excluding hydrogens is 196 g/mol. The van der Waals surface area contributed by atoms with Crippen molar-refractivity contribution in [3.63, 3.8) is 0 Å². The van der Waals surface area contributed by atoms with E-state index in [2.05, 4.69) is 16.7 Å². The monoisotopic (exact) mass is 220 g/mol. The van der Waals surface area contributed by atoms with Gasteiger partial charge in [0, 0.05) is 6.92 Å². The molecule has 0 aliphatic carbocycles. The van der Waals surface area contributed by atoms with Gasteiger partial charge in [0.15, 0.2) is 0 Å². The zero-order valence-corrected chi connectivity index (χ0v) is 10.4. The van der Waals surface area contributed by atoms with Crippen LogP contribution >= 0.6 is 0 Å². The summed E-state index contributed by atoms with van der Waals surface area (Å²) in [6.45, 7) is 9.18. The fraction of sp³-hybridized carbons (Fsp3) is 0.909. The Morgan fingerprint density at radius 1 is 1.00 bits per heavy atom. The molecule has 0 aliphatic rings. The van der Waals surface area contributed by atoms with Crippen LogP contribution in [0.15, 0.2) is 0 Å². The van der Waals surface area contributed by atoms with E-state index in [0.717, 1.165) is 12.8 Å². The van der Waals surface area contributed by atoms with Gasteiger partial charge in [0.1, 0.15) is 0 Å².